The monoisotopic (exact) mass is 562 g/mol. The van der Waals surface area contributed by atoms with Gasteiger partial charge in [-0.25, -0.2) is 8.78 Å². The van der Waals surface area contributed by atoms with Gasteiger partial charge in [-0.1, -0.05) is 62.9 Å². The van der Waals surface area contributed by atoms with Crippen LogP contribution < -0.4 is 4.74 Å². The molecule has 2 nitrogen and oxygen atoms in total. The van der Waals surface area contributed by atoms with Crippen LogP contribution in [0.3, 0.4) is 0 Å². The lowest BCUT2D eigenvalue weighted by Crippen LogP contribution is -2.26. The summed E-state index contributed by atoms with van der Waals surface area (Å²) in [6.45, 7) is 2.24. The van der Waals surface area contributed by atoms with Crippen LogP contribution in [0.5, 0.6) is 5.75 Å². The zero-order valence-electron chi connectivity index (χ0n) is 23.1. The third-order valence-corrected chi connectivity index (χ3v) is 8.67. The molecule has 40 heavy (non-hydrogen) atoms. The fraction of sp³-hybridized carbons (Fsp3) is 0.545. The summed E-state index contributed by atoms with van der Waals surface area (Å²) in [4.78, 5) is 12.6. The van der Waals surface area contributed by atoms with Crippen LogP contribution in [-0.4, -0.2) is 12.1 Å². The Hall–Kier alpha value is -2.70. The largest absolute Gasteiger partial charge is 0.423 e. The van der Waals surface area contributed by atoms with Gasteiger partial charge in [0.25, 0.3) is 0 Å². The number of esters is 1. The lowest BCUT2D eigenvalue weighted by atomic mass is 9.77. The smallest absolute Gasteiger partial charge is 0.412 e. The molecule has 2 aromatic rings. The minimum absolute atomic E-state index is 0.107. The topological polar surface area (TPSA) is 26.3 Å². The summed E-state index contributed by atoms with van der Waals surface area (Å²) < 4.78 is 71.2. The van der Waals surface area contributed by atoms with Gasteiger partial charge in [0.05, 0.1) is 12.0 Å². The molecule has 2 fully saturated rings. The van der Waals surface area contributed by atoms with Crippen molar-refractivity contribution in [2.45, 2.75) is 96.1 Å². The van der Waals surface area contributed by atoms with Crippen LogP contribution >= 0.6 is 0 Å². The van der Waals surface area contributed by atoms with Gasteiger partial charge in [0.15, 0.2) is 11.6 Å². The summed E-state index contributed by atoms with van der Waals surface area (Å²) in [6.07, 6.45) is 5.84. The number of carbonyl (C=O) groups is 1. The molecule has 0 aliphatic heterocycles. The summed E-state index contributed by atoms with van der Waals surface area (Å²) in [6, 6.07) is 12.7. The second-order valence-corrected chi connectivity index (χ2v) is 11.5. The Balaban J connectivity index is 1.29. The van der Waals surface area contributed by atoms with E-state index in [-0.39, 0.29) is 37.5 Å². The highest BCUT2D eigenvalue weighted by atomic mass is 19.4. The maximum Gasteiger partial charge on any atom is 0.412 e. The van der Waals surface area contributed by atoms with Gasteiger partial charge in [0.2, 0.25) is 0 Å². The molecule has 218 valence electrons. The van der Waals surface area contributed by atoms with Gasteiger partial charge in [-0.2, -0.15) is 13.2 Å². The first kappa shape index (κ1) is 30.3. The van der Waals surface area contributed by atoms with Crippen LogP contribution in [0.1, 0.15) is 95.5 Å². The summed E-state index contributed by atoms with van der Waals surface area (Å²) >= 11 is 0. The van der Waals surface area contributed by atoms with E-state index < -0.39 is 35.6 Å². The van der Waals surface area contributed by atoms with Gasteiger partial charge in [-0.15, -0.1) is 0 Å². The van der Waals surface area contributed by atoms with Crippen LogP contribution in [0, 0.1) is 23.6 Å². The predicted octanol–water partition coefficient (Wildman–Crippen LogP) is 10.5. The Morgan fingerprint density at radius 1 is 0.875 bits per heavy atom. The van der Waals surface area contributed by atoms with E-state index >= 15 is 0 Å². The van der Waals surface area contributed by atoms with Crippen molar-refractivity contribution in [3.8, 4) is 16.9 Å². The molecule has 2 aliphatic carbocycles. The minimum Gasteiger partial charge on any atom is -0.423 e. The molecular formula is C33H39F5O2. The second-order valence-electron chi connectivity index (χ2n) is 11.5. The number of carbonyl (C=O) groups excluding carboxylic acids is 1. The number of allylic oxidation sites excluding steroid dienone is 2. The lowest BCUT2D eigenvalue weighted by molar-refractivity contribution is -0.140. The Labute approximate surface area is 234 Å². The standard InChI is InChI=1S/C33H39F5O2/c1-2-3-4-5-22-6-8-23(9-7-22)24-10-12-25(13-11-24)28-18-19-31(29(34)20-28)40-32(39)27-16-14-26(15-17-27)30(35)21-33(36,37)38/h10-13,18-23,26-27H,2-9,14-17H2,1H3. The summed E-state index contributed by atoms with van der Waals surface area (Å²) in [5, 5.41) is 0. The summed E-state index contributed by atoms with van der Waals surface area (Å²) in [5.74, 6) is -2.74. The number of hydrogen-bond donors (Lipinski definition) is 0. The number of ether oxygens (including phenoxy) is 1. The third kappa shape index (κ3) is 8.40. The minimum atomic E-state index is -4.71. The summed E-state index contributed by atoms with van der Waals surface area (Å²) in [7, 11) is 0. The molecule has 0 saturated heterocycles. The number of halogens is 5. The first-order valence-corrected chi connectivity index (χ1v) is 14.7. The zero-order valence-corrected chi connectivity index (χ0v) is 23.1. The highest BCUT2D eigenvalue weighted by Gasteiger charge is 2.33. The molecule has 0 bridgehead atoms. The maximum atomic E-state index is 14.9. The van der Waals surface area contributed by atoms with E-state index in [2.05, 4.69) is 19.1 Å². The molecule has 7 heteroatoms. The Bertz CT molecular complexity index is 1140. The molecule has 0 radical (unpaired) electrons. The average molecular weight is 563 g/mol. The van der Waals surface area contributed by atoms with Gasteiger partial charge >= 0.3 is 12.1 Å². The van der Waals surface area contributed by atoms with Crippen molar-refractivity contribution in [3.63, 3.8) is 0 Å². The van der Waals surface area contributed by atoms with Gasteiger partial charge in [0, 0.05) is 5.92 Å². The fourth-order valence-electron chi connectivity index (χ4n) is 6.25. The van der Waals surface area contributed by atoms with Gasteiger partial charge in [-0.05, 0) is 92.0 Å². The number of alkyl halides is 3. The van der Waals surface area contributed by atoms with Crippen molar-refractivity contribution in [3.05, 3.63) is 65.7 Å². The maximum absolute atomic E-state index is 14.9. The zero-order chi connectivity index (χ0) is 28.7. The molecule has 4 rings (SSSR count). The number of rotatable bonds is 9. The van der Waals surface area contributed by atoms with Crippen LogP contribution in [0.2, 0.25) is 0 Å². The normalized spacial score (nSPS) is 24.1. The van der Waals surface area contributed by atoms with Gasteiger partial charge < -0.3 is 4.74 Å². The number of benzene rings is 2. The first-order chi connectivity index (χ1) is 19.1. The van der Waals surface area contributed by atoms with E-state index in [4.69, 9.17) is 4.74 Å². The number of hydrogen-bond acceptors (Lipinski definition) is 2. The van der Waals surface area contributed by atoms with Crippen LogP contribution in [-0.2, 0) is 4.79 Å². The predicted molar refractivity (Wildman–Crippen MR) is 147 cm³/mol. The van der Waals surface area contributed by atoms with Crippen molar-refractivity contribution >= 4 is 5.97 Å². The third-order valence-electron chi connectivity index (χ3n) is 8.67. The Morgan fingerprint density at radius 3 is 2.10 bits per heavy atom. The van der Waals surface area contributed by atoms with E-state index in [0.29, 0.717) is 11.5 Å². The number of unbranched alkanes of at least 4 members (excludes halogenated alkanes) is 2. The lowest BCUT2D eigenvalue weighted by Gasteiger charge is -2.29. The first-order valence-electron chi connectivity index (χ1n) is 14.7. The molecule has 0 amide bonds. The molecule has 0 N–H and O–H groups in total. The van der Waals surface area contributed by atoms with E-state index in [0.717, 1.165) is 11.5 Å². The molecule has 2 aromatic carbocycles. The van der Waals surface area contributed by atoms with Crippen LogP contribution in [0.25, 0.3) is 11.1 Å². The van der Waals surface area contributed by atoms with Gasteiger partial charge in [-0.3, -0.25) is 4.79 Å². The molecule has 2 saturated carbocycles. The molecule has 0 aromatic heterocycles. The van der Waals surface area contributed by atoms with E-state index in [9.17, 15) is 26.7 Å². The van der Waals surface area contributed by atoms with Crippen molar-refractivity contribution < 1.29 is 31.5 Å². The molecule has 2 aliphatic rings. The highest BCUT2D eigenvalue weighted by Crippen LogP contribution is 2.39. The highest BCUT2D eigenvalue weighted by molar-refractivity contribution is 5.76. The van der Waals surface area contributed by atoms with Crippen molar-refractivity contribution in [2.75, 3.05) is 0 Å². The molecule has 0 spiro atoms. The SMILES string of the molecule is CCCCCC1CCC(c2ccc(-c3ccc(OC(=O)C4CCC(C(F)=CC(F)(F)F)CC4)c(F)c3)cc2)CC1. The molecule has 0 atom stereocenters. The molecule has 0 unspecified atom stereocenters. The van der Waals surface area contributed by atoms with E-state index in [1.54, 1.807) is 6.07 Å². The Morgan fingerprint density at radius 2 is 1.50 bits per heavy atom. The van der Waals surface area contributed by atoms with E-state index in [1.807, 2.05) is 12.1 Å². The van der Waals surface area contributed by atoms with Crippen molar-refractivity contribution in [1.82, 2.24) is 0 Å². The van der Waals surface area contributed by atoms with Crippen molar-refractivity contribution in [1.29, 1.82) is 0 Å². The summed E-state index contributed by atoms with van der Waals surface area (Å²) in [5.41, 5.74) is 2.88. The van der Waals surface area contributed by atoms with Crippen LogP contribution in [0.4, 0.5) is 22.0 Å². The van der Waals surface area contributed by atoms with Gasteiger partial charge in [0.1, 0.15) is 5.83 Å². The average Bonchev–Trinajstić information content (AvgIpc) is 2.94. The van der Waals surface area contributed by atoms with E-state index in [1.165, 1.54) is 69.1 Å². The van der Waals surface area contributed by atoms with Crippen LogP contribution in [0.15, 0.2) is 54.4 Å². The van der Waals surface area contributed by atoms with Crippen molar-refractivity contribution in [2.24, 2.45) is 17.8 Å². The quantitative estimate of drug-likeness (QED) is 0.132. The molecule has 0 heterocycles. The second kappa shape index (κ2) is 13.8. The fourth-order valence-corrected chi connectivity index (χ4v) is 6.25. The Kier molecular flexibility index (Phi) is 10.4. The molecular weight excluding hydrogens is 523 g/mol.